The van der Waals surface area contributed by atoms with Gasteiger partial charge >= 0.3 is 5.88 Å². The number of furan rings is 1. The highest BCUT2D eigenvalue weighted by Crippen LogP contribution is 2.15. The fourth-order valence-corrected chi connectivity index (χ4v) is 3.34. The van der Waals surface area contributed by atoms with Crippen LogP contribution in [0, 0.1) is 10.1 Å². The maximum atomic E-state index is 11.4. The summed E-state index contributed by atoms with van der Waals surface area (Å²) in [7, 11) is -2.98. The topological polar surface area (TPSA) is 106 Å². The minimum absolute atomic E-state index is 0.0582. The van der Waals surface area contributed by atoms with Crippen LogP contribution in [0.1, 0.15) is 12.7 Å². The van der Waals surface area contributed by atoms with Gasteiger partial charge in [-0.15, -0.1) is 0 Å². The van der Waals surface area contributed by atoms with Gasteiger partial charge in [-0.1, -0.05) is 0 Å². The molecule has 0 amide bonds. The summed E-state index contributed by atoms with van der Waals surface area (Å²) < 4.78 is 27.7. The SMILES string of the molecule is CC1CS(=O)(=O)CCN1/N=C/c1ccc([N+](=O)[O-])o1. The Morgan fingerprint density at radius 2 is 2.32 bits per heavy atom. The van der Waals surface area contributed by atoms with E-state index in [0.29, 0.717) is 6.54 Å². The van der Waals surface area contributed by atoms with Crippen LogP contribution in [0.3, 0.4) is 0 Å². The molecular weight excluding hydrogens is 274 g/mol. The van der Waals surface area contributed by atoms with Crippen molar-refractivity contribution in [3.05, 3.63) is 28.0 Å². The van der Waals surface area contributed by atoms with Crippen LogP contribution in [0.15, 0.2) is 21.7 Å². The van der Waals surface area contributed by atoms with Crippen LogP contribution in [0.25, 0.3) is 0 Å². The number of hydrazone groups is 1. The van der Waals surface area contributed by atoms with Crippen LogP contribution in [0.2, 0.25) is 0 Å². The highest BCUT2D eigenvalue weighted by atomic mass is 32.2. The number of sulfone groups is 1. The zero-order valence-corrected chi connectivity index (χ0v) is 11.0. The Bertz CT molecular complexity index is 606. The van der Waals surface area contributed by atoms with E-state index in [4.69, 9.17) is 4.42 Å². The van der Waals surface area contributed by atoms with Crippen molar-refractivity contribution in [2.75, 3.05) is 18.1 Å². The van der Waals surface area contributed by atoms with Gasteiger partial charge in [-0.3, -0.25) is 15.1 Å². The van der Waals surface area contributed by atoms with E-state index in [0.717, 1.165) is 0 Å². The van der Waals surface area contributed by atoms with E-state index in [2.05, 4.69) is 5.10 Å². The van der Waals surface area contributed by atoms with Crippen LogP contribution in [0.4, 0.5) is 5.88 Å². The van der Waals surface area contributed by atoms with Crippen molar-refractivity contribution >= 4 is 21.9 Å². The van der Waals surface area contributed by atoms with E-state index >= 15 is 0 Å². The van der Waals surface area contributed by atoms with Gasteiger partial charge in [-0.2, -0.15) is 5.10 Å². The third kappa shape index (κ3) is 3.31. The molecule has 1 atom stereocenters. The zero-order chi connectivity index (χ0) is 14.0. The molecule has 0 aromatic carbocycles. The molecule has 1 aromatic heterocycles. The standard InChI is InChI=1S/C10H13N3O5S/c1-8-7-19(16,17)5-4-12(8)11-6-9-2-3-10(18-9)13(14)15/h2-3,6,8H,4-5,7H2,1H3/b11-6+. The van der Waals surface area contributed by atoms with Crippen LogP contribution in [-0.2, 0) is 9.84 Å². The van der Waals surface area contributed by atoms with E-state index in [9.17, 15) is 18.5 Å². The largest absolute Gasteiger partial charge is 0.433 e. The van der Waals surface area contributed by atoms with Gasteiger partial charge in [-0.25, -0.2) is 8.42 Å². The highest BCUT2D eigenvalue weighted by Gasteiger charge is 2.27. The second-order valence-corrected chi connectivity index (χ2v) is 6.53. The summed E-state index contributed by atoms with van der Waals surface area (Å²) in [5.41, 5.74) is 0. The molecule has 9 heteroatoms. The van der Waals surface area contributed by atoms with E-state index in [1.807, 2.05) is 0 Å². The van der Waals surface area contributed by atoms with Crippen molar-refractivity contribution in [1.82, 2.24) is 5.01 Å². The molecule has 0 radical (unpaired) electrons. The Labute approximate surface area is 109 Å². The van der Waals surface area contributed by atoms with E-state index in [1.165, 1.54) is 18.3 Å². The lowest BCUT2D eigenvalue weighted by atomic mass is 10.4. The summed E-state index contributed by atoms with van der Waals surface area (Å²) >= 11 is 0. The lowest BCUT2D eigenvalue weighted by molar-refractivity contribution is -0.402. The summed E-state index contributed by atoms with van der Waals surface area (Å²) in [5.74, 6) is 0.0263. The van der Waals surface area contributed by atoms with E-state index in [-0.39, 0.29) is 29.2 Å². The van der Waals surface area contributed by atoms with Crippen LogP contribution in [-0.4, -0.2) is 48.7 Å². The summed E-state index contributed by atoms with van der Waals surface area (Å²) in [5, 5.41) is 16.2. The molecule has 1 saturated heterocycles. The number of rotatable bonds is 3. The predicted octanol–water partition coefficient (Wildman–Crippen LogP) is 0.641. The average molecular weight is 287 g/mol. The van der Waals surface area contributed by atoms with Gasteiger partial charge in [0.25, 0.3) is 0 Å². The van der Waals surface area contributed by atoms with Gasteiger partial charge in [0.05, 0.1) is 36.4 Å². The molecule has 0 aliphatic carbocycles. The van der Waals surface area contributed by atoms with Crippen molar-refractivity contribution in [3.8, 4) is 0 Å². The van der Waals surface area contributed by atoms with Gasteiger partial charge in [-0.05, 0) is 13.0 Å². The van der Waals surface area contributed by atoms with Crippen molar-refractivity contribution in [2.24, 2.45) is 5.10 Å². The van der Waals surface area contributed by atoms with Gasteiger partial charge in [0.1, 0.15) is 4.92 Å². The molecule has 1 aliphatic rings. The quantitative estimate of drug-likeness (QED) is 0.459. The number of nitro groups is 1. The normalized spacial score (nSPS) is 22.8. The van der Waals surface area contributed by atoms with Crippen molar-refractivity contribution in [1.29, 1.82) is 0 Å². The summed E-state index contributed by atoms with van der Waals surface area (Å²) in [6, 6.07) is 2.46. The Morgan fingerprint density at radius 3 is 2.89 bits per heavy atom. The molecule has 2 heterocycles. The lowest BCUT2D eigenvalue weighted by Crippen LogP contribution is -2.43. The van der Waals surface area contributed by atoms with Crippen molar-refractivity contribution in [3.63, 3.8) is 0 Å². The smallest absolute Gasteiger partial charge is 0.400 e. The Morgan fingerprint density at radius 1 is 1.58 bits per heavy atom. The Hall–Kier alpha value is -1.90. The van der Waals surface area contributed by atoms with Gasteiger partial charge in [0.2, 0.25) is 0 Å². The Kier molecular flexibility index (Phi) is 3.56. The summed E-state index contributed by atoms with van der Waals surface area (Å²) in [6.07, 6.45) is 1.35. The molecule has 0 N–H and O–H groups in total. The third-order valence-corrected chi connectivity index (χ3v) is 4.56. The first-order valence-corrected chi connectivity index (χ1v) is 7.45. The van der Waals surface area contributed by atoms with Crippen LogP contribution in [0.5, 0.6) is 0 Å². The summed E-state index contributed by atoms with van der Waals surface area (Å²) in [4.78, 5) is 9.80. The molecular formula is C10H13N3O5S. The van der Waals surface area contributed by atoms with Crippen molar-refractivity contribution in [2.45, 2.75) is 13.0 Å². The monoisotopic (exact) mass is 287 g/mol. The highest BCUT2D eigenvalue weighted by molar-refractivity contribution is 7.91. The number of nitrogens with zero attached hydrogens (tertiary/aromatic N) is 3. The van der Waals surface area contributed by atoms with Crippen LogP contribution >= 0.6 is 0 Å². The summed E-state index contributed by atoms with van der Waals surface area (Å²) in [6.45, 7) is 2.07. The first-order chi connectivity index (χ1) is 8.87. The second kappa shape index (κ2) is 5.00. The lowest BCUT2D eigenvalue weighted by Gasteiger charge is -2.30. The fourth-order valence-electron chi connectivity index (χ4n) is 1.80. The molecule has 19 heavy (non-hydrogen) atoms. The third-order valence-electron chi connectivity index (χ3n) is 2.76. The number of hydrogen-bond donors (Lipinski definition) is 0. The first-order valence-electron chi connectivity index (χ1n) is 5.63. The van der Waals surface area contributed by atoms with Crippen LogP contribution < -0.4 is 0 Å². The maximum Gasteiger partial charge on any atom is 0.433 e. The number of hydrogen-bond acceptors (Lipinski definition) is 7. The van der Waals surface area contributed by atoms with Gasteiger partial charge in [0, 0.05) is 0 Å². The van der Waals surface area contributed by atoms with Crippen molar-refractivity contribution < 1.29 is 17.8 Å². The maximum absolute atomic E-state index is 11.4. The molecule has 1 aromatic rings. The van der Waals surface area contributed by atoms with E-state index in [1.54, 1.807) is 11.9 Å². The fraction of sp³-hybridized carbons (Fsp3) is 0.500. The minimum Gasteiger partial charge on any atom is -0.400 e. The predicted molar refractivity (Wildman–Crippen MR) is 67.8 cm³/mol. The molecule has 1 unspecified atom stereocenters. The van der Waals surface area contributed by atoms with E-state index < -0.39 is 14.8 Å². The first kappa shape index (κ1) is 13.5. The van der Waals surface area contributed by atoms with Gasteiger partial charge in [0.15, 0.2) is 15.6 Å². The molecule has 2 rings (SSSR count). The second-order valence-electron chi connectivity index (χ2n) is 4.30. The molecule has 0 saturated carbocycles. The molecule has 104 valence electrons. The molecule has 8 nitrogen and oxygen atoms in total. The minimum atomic E-state index is -2.98. The molecule has 1 aliphatic heterocycles. The molecule has 0 bridgehead atoms. The zero-order valence-electron chi connectivity index (χ0n) is 10.2. The Balaban J connectivity index is 2.04. The molecule has 1 fully saturated rings. The average Bonchev–Trinajstić information content (AvgIpc) is 2.75. The van der Waals surface area contributed by atoms with Gasteiger partial charge < -0.3 is 4.42 Å². The molecule has 0 spiro atoms.